The first kappa shape index (κ1) is 20.9. The molecule has 0 aliphatic carbocycles. The topological polar surface area (TPSA) is 46.1 Å². The first-order valence-corrected chi connectivity index (χ1v) is 10.3. The van der Waals surface area contributed by atoms with Gasteiger partial charge >= 0.3 is 0 Å². The molecular formula is C14H32O2S2. The van der Waals surface area contributed by atoms with Gasteiger partial charge in [0.25, 0.3) is 0 Å². The van der Waals surface area contributed by atoms with Gasteiger partial charge in [0.05, 0.1) is 0 Å². The van der Waals surface area contributed by atoms with Crippen LogP contribution in [0.3, 0.4) is 0 Å². The van der Waals surface area contributed by atoms with Crippen LogP contribution in [0.2, 0.25) is 0 Å². The molecule has 0 aliphatic rings. The van der Waals surface area contributed by atoms with Crippen molar-refractivity contribution < 1.29 is 9.11 Å². The zero-order chi connectivity index (χ0) is 14.2. The molecule has 0 unspecified atom stereocenters. The molecule has 2 nitrogen and oxygen atoms in total. The molecule has 0 saturated carbocycles. The van der Waals surface area contributed by atoms with Crippen LogP contribution in [-0.2, 0) is 22.4 Å². The predicted molar refractivity (Wildman–Crippen MR) is 86.2 cm³/mol. The van der Waals surface area contributed by atoms with E-state index in [0.717, 1.165) is 61.5 Å². The van der Waals surface area contributed by atoms with Crippen LogP contribution in [0.5, 0.6) is 0 Å². The van der Waals surface area contributed by atoms with E-state index in [1.807, 2.05) is 0 Å². The van der Waals surface area contributed by atoms with Gasteiger partial charge in [-0.25, -0.2) is 0 Å². The van der Waals surface area contributed by atoms with E-state index in [1.54, 1.807) is 0 Å². The summed E-state index contributed by atoms with van der Waals surface area (Å²) in [6, 6.07) is 0. The van der Waals surface area contributed by atoms with Gasteiger partial charge in [-0.2, -0.15) is 0 Å². The molecule has 0 N–H and O–H groups in total. The monoisotopic (exact) mass is 296 g/mol. The van der Waals surface area contributed by atoms with E-state index < -0.39 is 22.4 Å². The van der Waals surface area contributed by atoms with Gasteiger partial charge in [-0.1, -0.05) is 62.9 Å². The molecule has 0 aromatic rings. The quantitative estimate of drug-likeness (QED) is 0.574. The second kappa shape index (κ2) is 17.6. The molecule has 0 heterocycles. The van der Waals surface area contributed by atoms with Crippen LogP contribution < -0.4 is 0 Å². The molecule has 0 aliphatic heterocycles. The van der Waals surface area contributed by atoms with Crippen LogP contribution in [0.15, 0.2) is 0 Å². The van der Waals surface area contributed by atoms with Crippen molar-refractivity contribution in [2.75, 3.05) is 23.0 Å². The lowest BCUT2D eigenvalue weighted by molar-refractivity contribution is 0.588. The molecule has 0 saturated heterocycles. The van der Waals surface area contributed by atoms with Gasteiger partial charge in [0.1, 0.15) is 23.0 Å². The molecule has 0 rings (SSSR count). The second-order valence-electron chi connectivity index (χ2n) is 4.40. The highest BCUT2D eigenvalue weighted by atomic mass is 32.2. The summed E-state index contributed by atoms with van der Waals surface area (Å²) in [4.78, 5) is 0. The number of unbranched alkanes of at least 4 members (excludes halogenated alkanes) is 2. The van der Waals surface area contributed by atoms with Gasteiger partial charge in [0.2, 0.25) is 0 Å². The van der Waals surface area contributed by atoms with Crippen LogP contribution in [0, 0.1) is 0 Å². The summed E-state index contributed by atoms with van der Waals surface area (Å²) in [5.74, 6) is 3.59. The first-order chi connectivity index (χ1) is 8.62. The molecule has 4 heteroatoms. The summed E-state index contributed by atoms with van der Waals surface area (Å²) in [5.41, 5.74) is 0. The zero-order valence-electron chi connectivity index (χ0n) is 12.7. The van der Waals surface area contributed by atoms with Crippen LogP contribution in [0.25, 0.3) is 0 Å². The summed E-state index contributed by atoms with van der Waals surface area (Å²) in [7, 11) is 0. The Bertz CT molecular complexity index is 132. The molecule has 0 bridgehead atoms. The van der Waals surface area contributed by atoms with Crippen LogP contribution >= 0.6 is 0 Å². The average Bonchev–Trinajstić information content (AvgIpc) is 2.35. The predicted octanol–water partition coefficient (Wildman–Crippen LogP) is 3.89. The van der Waals surface area contributed by atoms with Gasteiger partial charge in [0.15, 0.2) is 0 Å². The molecule has 0 aromatic heterocycles. The number of hydrogen-bond donors (Lipinski definition) is 0. The summed E-state index contributed by atoms with van der Waals surface area (Å²) in [6.07, 6.45) is 6.67. The maximum Gasteiger partial charge on any atom is 0.105 e. The molecule has 0 aromatic carbocycles. The summed E-state index contributed by atoms with van der Waals surface area (Å²) < 4.78 is 21.8. The standard InChI is InChI=1S/C8H18OS.C6H14OS/c1-3-5-7-10(9)8-6-4-2;1-3-5-8(7)6-4-2/h3-8H2,1-2H3;3-6H2,1-2H3. The SMILES string of the molecule is CCCC[S+]([O-])CCCC.CCC[S+]([O-])CCC. The molecule has 112 valence electrons. The zero-order valence-corrected chi connectivity index (χ0v) is 14.3. The fraction of sp³-hybridized carbons (Fsp3) is 1.00. The van der Waals surface area contributed by atoms with Crippen molar-refractivity contribution in [1.29, 1.82) is 0 Å². The number of rotatable bonds is 10. The Labute approximate surface area is 121 Å². The summed E-state index contributed by atoms with van der Waals surface area (Å²) in [6.45, 7) is 8.40. The lowest BCUT2D eigenvalue weighted by Crippen LogP contribution is -2.10. The molecule has 0 atom stereocenters. The Hall–Kier alpha value is 0.620. The highest BCUT2D eigenvalue weighted by Gasteiger charge is 2.02. The maximum absolute atomic E-state index is 11.1. The Morgan fingerprint density at radius 3 is 1.17 bits per heavy atom. The lowest BCUT2D eigenvalue weighted by atomic mass is 10.4. The van der Waals surface area contributed by atoms with E-state index in [4.69, 9.17) is 0 Å². The molecule has 18 heavy (non-hydrogen) atoms. The van der Waals surface area contributed by atoms with Crippen molar-refractivity contribution in [2.45, 2.75) is 66.2 Å². The van der Waals surface area contributed by atoms with Crippen molar-refractivity contribution in [2.24, 2.45) is 0 Å². The third kappa shape index (κ3) is 19.0. The average molecular weight is 297 g/mol. The molecule has 0 radical (unpaired) electrons. The molecular weight excluding hydrogens is 264 g/mol. The van der Waals surface area contributed by atoms with Crippen LogP contribution in [0.4, 0.5) is 0 Å². The van der Waals surface area contributed by atoms with E-state index in [2.05, 4.69) is 27.7 Å². The third-order valence-corrected chi connectivity index (χ3v) is 5.53. The maximum atomic E-state index is 11.1. The van der Waals surface area contributed by atoms with E-state index in [-0.39, 0.29) is 0 Å². The van der Waals surface area contributed by atoms with Crippen molar-refractivity contribution in [3.63, 3.8) is 0 Å². The summed E-state index contributed by atoms with van der Waals surface area (Å²) in [5, 5.41) is 0. The van der Waals surface area contributed by atoms with Crippen molar-refractivity contribution in [3.05, 3.63) is 0 Å². The van der Waals surface area contributed by atoms with Gasteiger partial charge in [-0.3, -0.25) is 0 Å². The van der Waals surface area contributed by atoms with Crippen LogP contribution in [0.1, 0.15) is 66.2 Å². The fourth-order valence-corrected chi connectivity index (χ4v) is 3.81. The van der Waals surface area contributed by atoms with Crippen LogP contribution in [-0.4, -0.2) is 32.1 Å². The first-order valence-electron chi connectivity index (χ1n) is 7.32. The van der Waals surface area contributed by atoms with E-state index in [1.165, 1.54) is 0 Å². The van der Waals surface area contributed by atoms with E-state index in [9.17, 15) is 9.11 Å². The second-order valence-corrected chi connectivity index (χ2v) is 7.80. The normalized spacial score (nSPS) is 10.7. The van der Waals surface area contributed by atoms with Crippen molar-refractivity contribution >= 4 is 22.4 Å². The van der Waals surface area contributed by atoms with Gasteiger partial charge in [-0.05, 0) is 25.7 Å². The van der Waals surface area contributed by atoms with Crippen molar-refractivity contribution in [1.82, 2.24) is 0 Å². The summed E-state index contributed by atoms with van der Waals surface area (Å²) >= 11 is -1.04. The van der Waals surface area contributed by atoms with Crippen molar-refractivity contribution in [3.8, 4) is 0 Å². The fourth-order valence-electron chi connectivity index (χ4n) is 1.27. The minimum absolute atomic E-state index is 0.520. The van der Waals surface area contributed by atoms with E-state index >= 15 is 0 Å². The van der Waals surface area contributed by atoms with E-state index in [0.29, 0.717) is 0 Å². The smallest absolute Gasteiger partial charge is 0.105 e. The molecule has 0 fully saturated rings. The Morgan fingerprint density at radius 2 is 0.889 bits per heavy atom. The van der Waals surface area contributed by atoms with Gasteiger partial charge in [-0.15, -0.1) is 0 Å². The lowest BCUT2D eigenvalue weighted by Gasteiger charge is -2.08. The Kier molecular flexibility index (Phi) is 20.5. The molecule has 0 amide bonds. The van der Waals surface area contributed by atoms with Gasteiger partial charge in [0, 0.05) is 0 Å². The highest BCUT2D eigenvalue weighted by molar-refractivity contribution is 7.91. The highest BCUT2D eigenvalue weighted by Crippen LogP contribution is 2.00. The minimum atomic E-state index is -0.520. The van der Waals surface area contributed by atoms with Gasteiger partial charge < -0.3 is 9.11 Å². The molecule has 0 spiro atoms. The minimum Gasteiger partial charge on any atom is -0.616 e. The number of hydrogen-bond acceptors (Lipinski definition) is 2. The Balaban J connectivity index is 0. The largest absolute Gasteiger partial charge is 0.616 e. The third-order valence-electron chi connectivity index (χ3n) is 2.31. The Morgan fingerprint density at radius 1 is 0.556 bits per heavy atom.